The van der Waals surface area contributed by atoms with Crippen LogP contribution in [0.4, 0.5) is 0 Å². The minimum Gasteiger partial charge on any atom is -0.320 e. The summed E-state index contributed by atoms with van der Waals surface area (Å²) in [7, 11) is 0. The van der Waals surface area contributed by atoms with Crippen molar-refractivity contribution in [2.45, 2.75) is 38.8 Å². The van der Waals surface area contributed by atoms with Crippen molar-refractivity contribution >= 4 is 0 Å². The molecule has 0 radical (unpaired) electrons. The normalized spacial score (nSPS) is 14.4. The molecule has 0 heterocycles. The van der Waals surface area contributed by atoms with E-state index in [9.17, 15) is 0 Å². The first-order valence-electron chi connectivity index (χ1n) is 6.85. The average molecular weight is 242 g/mol. The number of rotatable bonds is 5. The van der Waals surface area contributed by atoms with Crippen LogP contribution in [0.3, 0.4) is 0 Å². The van der Waals surface area contributed by atoms with Gasteiger partial charge in [0.25, 0.3) is 0 Å². The van der Waals surface area contributed by atoms with Crippen molar-refractivity contribution in [3.8, 4) is 11.8 Å². The van der Waals surface area contributed by atoms with Crippen molar-refractivity contribution < 1.29 is 0 Å². The van der Waals surface area contributed by atoms with Gasteiger partial charge in [0.05, 0.1) is 6.54 Å². The molecule has 2 rings (SSSR count). The Morgan fingerprint density at radius 2 is 2.00 bits per heavy atom. The van der Waals surface area contributed by atoms with Crippen molar-refractivity contribution in [3.63, 3.8) is 0 Å². The first kappa shape index (κ1) is 13.1. The molecule has 0 bridgehead atoms. The third-order valence-electron chi connectivity index (χ3n) is 3.25. The molecule has 0 aliphatic heterocycles. The maximum absolute atomic E-state index is 5.37. The molecule has 1 aromatic carbocycles. The molecule has 2 nitrogen and oxygen atoms in total. The van der Waals surface area contributed by atoms with E-state index in [0.717, 1.165) is 18.2 Å². The first-order valence-corrected chi connectivity index (χ1v) is 6.85. The van der Waals surface area contributed by atoms with Crippen LogP contribution in [0.2, 0.25) is 0 Å². The highest BCUT2D eigenvalue weighted by Gasteiger charge is 2.27. The highest BCUT2D eigenvalue weighted by atomic mass is 15.2. The topological polar surface area (TPSA) is 29.3 Å². The van der Waals surface area contributed by atoms with Crippen LogP contribution in [0.1, 0.15) is 37.3 Å². The summed E-state index contributed by atoms with van der Waals surface area (Å²) in [6, 6.07) is 9.39. The molecule has 0 amide bonds. The predicted octanol–water partition coefficient (Wildman–Crippen LogP) is 2.37. The van der Waals surface area contributed by atoms with Crippen LogP contribution in [-0.2, 0) is 6.54 Å². The molecule has 0 atom stereocenters. The molecule has 0 aromatic heterocycles. The van der Waals surface area contributed by atoms with Gasteiger partial charge in [0.2, 0.25) is 0 Å². The van der Waals surface area contributed by atoms with Gasteiger partial charge in [0, 0.05) is 18.2 Å². The van der Waals surface area contributed by atoms with Crippen molar-refractivity contribution in [2.24, 2.45) is 5.73 Å². The summed E-state index contributed by atoms with van der Waals surface area (Å²) in [6.45, 7) is 4.96. The second-order valence-electron chi connectivity index (χ2n) is 4.90. The lowest BCUT2D eigenvalue weighted by Crippen LogP contribution is -2.26. The summed E-state index contributed by atoms with van der Waals surface area (Å²) in [6.07, 6.45) is 3.98. The van der Waals surface area contributed by atoms with Crippen LogP contribution < -0.4 is 5.73 Å². The standard InChI is InChI=1S/C16H22N2/c1-2-12-18(16-9-10-16)13-15-7-5-14(6-8-15)4-3-11-17/h5-8,16H,2,9-13,17H2,1H3. The summed E-state index contributed by atoms with van der Waals surface area (Å²) in [5, 5.41) is 0. The van der Waals surface area contributed by atoms with Gasteiger partial charge in [-0.05, 0) is 43.5 Å². The second-order valence-corrected chi connectivity index (χ2v) is 4.90. The Hall–Kier alpha value is -1.30. The molecule has 18 heavy (non-hydrogen) atoms. The lowest BCUT2D eigenvalue weighted by Gasteiger charge is -2.21. The average Bonchev–Trinajstić information content (AvgIpc) is 3.22. The molecule has 1 aromatic rings. The zero-order chi connectivity index (χ0) is 12.8. The molecule has 2 N–H and O–H groups in total. The van der Waals surface area contributed by atoms with Crippen LogP contribution in [0.5, 0.6) is 0 Å². The molecule has 96 valence electrons. The Labute approximate surface area is 110 Å². The predicted molar refractivity (Wildman–Crippen MR) is 76.1 cm³/mol. The lowest BCUT2D eigenvalue weighted by atomic mass is 10.1. The Morgan fingerprint density at radius 3 is 2.56 bits per heavy atom. The number of hydrogen-bond donors (Lipinski definition) is 1. The zero-order valence-electron chi connectivity index (χ0n) is 11.2. The van der Waals surface area contributed by atoms with Gasteiger partial charge in [0.1, 0.15) is 0 Å². The summed E-state index contributed by atoms with van der Waals surface area (Å²) in [5.74, 6) is 5.94. The molecular weight excluding hydrogens is 220 g/mol. The maximum atomic E-state index is 5.37. The SMILES string of the molecule is CCCN(Cc1ccc(C#CCN)cc1)C1CC1. The molecule has 0 saturated heterocycles. The van der Waals surface area contributed by atoms with Gasteiger partial charge >= 0.3 is 0 Å². The van der Waals surface area contributed by atoms with E-state index in [4.69, 9.17) is 5.73 Å². The number of benzene rings is 1. The van der Waals surface area contributed by atoms with Gasteiger partial charge in [-0.15, -0.1) is 0 Å². The van der Waals surface area contributed by atoms with E-state index >= 15 is 0 Å². The molecule has 1 fully saturated rings. The third-order valence-corrected chi connectivity index (χ3v) is 3.25. The molecule has 1 saturated carbocycles. The highest BCUT2D eigenvalue weighted by molar-refractivity contribution is 5.36. The third kappa shape index (κ3) is 3.87. The molecule has 0 spiro atoms. The van der Waals surface area contributed by atoms with Gasteiger partial charge in [-0.25, -0.2) is 0 Å². The fraction of sp³-hybridized carbons (Fsp3) is 0.500. The van der Waals surface area contributed by atoms with E-state index in [1.807, 2.05) is 0 Å². The zero-order valence-corrected chi connectivity index (χ0v) is 11.2. The van der Waals surface area contributed by atoms with Crippen LogP contribution in [-0.4, -0.2) is 24.0 Å². The largest absolute Gasteiger partial charge is 0.320 e. The molecule has 2 heteroatoms. The Morgan fingerprint density at radius 1 is 1.28 bits per heavy atom. The van der Waals surface area contributed by atoms with Gasteiger partial charge in [-0.3, -0.25) is 4.90 Å². The fourth-order valence-electron chi connectivity index (χ4n) is 2.20. The quantitative estimate of drug-likeness (QED) is 0.803. The Balaban J connectivity index is 1.96. The fourth-order valence-corrected chi connectivity index (χ4v) is 2.20. The summed E-state index contributed by atoms with van der Waals surface area (Å²) in [5.41, 5.74) is 7.80. The summed E-state index contributed by atoms with van der Waals surface area (Å²) in [4.78, 5) is 2.60. The van der Waals surface area contributed by atoms with Gasteiger partial charge in [-0.2, -0.15) is 0 Å². The second kappa shape index (κ2) is 6.58. The minimum absolute atomic E-state index is 0.424. The minimum atomic E-state index is 0.424. The smallest absolute Gasteiger partial charge is 0.0555 e. The summed E-state index contributed by atoms with van der Waals surface area (Å²) >= 11 is 0. The van der Waals surface area contributed by atoms with Crippen LogP contribution in [0.15, 0.2) is 24.3 Å². The summed E-state index contributed by atoms with van der Waals surface area (Å²) < 4.78 is 0. The number of nitrogens with zero attached hydrogens (tertiary/aromatic N) is 1. The number of hydrogen-bond acceptors (Lipinski definition) is 2. The van der Waals surface area contributed by atoms with E-state index in [-0.39, 0.29) is 0 Å². The van der Waals surface area contributed by atoms with Gasteiger partial charge < -0.3 is 5.73 Å². The maximum Gasteiger partial charge on any atom is 0.0555 e. The van der Waals surface area contributed by atoms with Crippen LogP contribution in [0.25, 0.3) is 0 Å². The van der Waals surface area contributed by atoms with Crippen molar-refractivity contribution in [1.29, 1.82) is 0 Å². The Bertz CT molecular complexity index is 421. The van der Waals surface area contributed by atoms with Crippen molar-refractivity contribution in [3.05, 3.63) is 35.4 Å². The van der Waals surface area contributed by atoms with E-state index < -0.39 is 0 Å². The van der Waals surface area contributed by atoms with E-state index in [1.165, 1.54) is 31.4 Å². The highest BCUT2D eigenvalue weighted by Crippen LogP contribution is 2.28. The Kier molecular flexibility index (Phi) is 4.81. The molecule has 0 unspecified atom stereocenters. The van der Waals surface area contributed by atoms with E-state index in [0.29, 0.717) is 6.54 Å². The van der Waals surface area contributed by atoms with Crippen molar-refractivity contribution in [1.82, 2.24) is 4.90 Å². The van der Waals surface area contributed by atoms with Gasteiger partial charge in [-0.1, -0.05) is 30.9 Å². The molecule has 1 aliphatic carbocycles. The van der Waals surface area contributed by atoms with E-state index in [1.54, 1.807) is 0 Å². The van der Waals surface area contributed by atoms with Gasteiger partial charge in [0.15, 0.2) is 0 Å². The lowest BCUT2D eigenvalue weighted by molar-refractivity contribution is 0.255. The monoisotopic (exact) mass is 242 g/mol. The molecular formula is C16H22N2. The molecule has 1 aliphatic rings. The van der Waals surface area contributed by atoms with E-state index in [2.05, 4.69) is 47.9 Å². The first-order chi connectivity index (χ1) is 8.83. The van der Waals surface area contributed by atoms with Crippen LogP contribution >= 0.6 is 0 Å². The van der Waals surface area contributed by atoms with Crippen molar-refractivity contribution in [2.75, 3.05) is 13.1 Å². The number of nitrogens with two attached hydrogens (primary N) is 1. The van der Waals surface area contributed by atoms with Crippen LogP contribution in [0, 0.1) is 11.8 Å².